The molecule has 0 saturated carbocycles. The Morgan fingerprint density at radius 3 is 2.19 bits per heavy atom. The van der Waals surface area contributed by atoms with E-state index in [2.05, 4.69) is 0 Å². The lowest BCUT2D eigenvalue weighted by molar-refractivity contribution is -0.148. The van der Waals surface area contributed by atoms with E-state index in [1.807, 2.05) is 18.4 Å². The Morgan fingerprint density at radius 1 is 1.12 bits per heavy atom. The third kappa shape index (κ3) is 3.02. The minimum atomic E-state index is -1.08. The molecule has 140 valence electrons. The Bertz CT molecular complexity index is 736. The molecule has 2 aliphatic heterocycles. The van der Waals surface area contributed by atoms with Gasteiger partial charge in [-0.25, -0.2) is 4.79 Å². The van der Waals surface area contributed by atoms with E-state index in [0.717, 1.165) is 4.90 Å². The third-order valence-electron chi connectivity index (χ3n) is 5.31. The summed E-state index contributed by atoms with van der Waals surface area (Å²) in [6, 6.07) is 7.14. The number of nitrogens with zero attached hydrogens (tertiary/aromatic N) is 3. The molecule has 1 N–H and O–H groups in total. The van der Waals surface area contributed by atoms with Crippen LogP contribution in [0.25, 0.3) is 0 Å². The number of aliphatic carboxylic acids is 1. The third-order valence-corrected chi connectivity index (χ3v) is 6.06. The first-order valence-electron chi connectivity index (χ1n) is 8.41. The summed E-state index contributed by atoms with van der Waals surface area (Å²) in [5.41, 5.74) is -0.523. The molecule has 3 amide bonds. The largest absolute Gasteiger partial charge is 0.481 e. The lowest BCUT2D eigenvalue weighted by Crippen LogP contribution is -2.45. The quantitative estimate of drug-likeness (QED) is 0.809. The number of benzene rings is 1. The Hall–Kier alpha value is -2.22. The number of carbonyl (C=O) groups is 3. The first-order valence-corrected chi connectivity index (χ1v) is 9.64. The number of rotatable bonds is 3. The predicted octanol–water partition coefficient (Wildman–Crippen LogP) is 1.55. The van der Waals surface area contributed by atoms with Crippen molar-refractivity contribution in [2.75, 3.05) is 46.5 Å². The average Bonchev–Trinajstić information content (AvgIpc) is 3.16. The van der Waals surface area contributed by atoms with Gasteiger partial charge in [-0.3, -0.25) is 9.59 Å². The number of fused-ring (bicyclic) bond motifs is 1. The van der Waals surface area contributed by atoms with Crippen LogP contribution >= 0.6 is 11.8 Å². The molecular weight excluding hydrogens is 354 g/mol. The summed E-state index contributed by atoms with van der Waals surface area (Å²) in [4.78, 5) is 42.8. The van der Waals surface area contributed by atoms with Crippen LogP contribution in [0.2, 0.25) is 0 Å². The highest BCUT2D eigenvalue weighted by atomic mass is 32.2. The van der Waals surface area contributed by atoms with Gasteiger partial charge in [-0.1, -0.05) is 0 Å². The van der Waals surface area contributed by atoms with Gasteiger partial charge < -0.3 is 19.8 Å². The van der Waals surface area contributed by atoms with Crippen molar-refractivity contribution in [2.24, 2.45) is 11.3 Å². The summed E-state index contributed by atoms with van der Waals surface area (Å²) in [5, 5.41) is 9.86. The van der Waals surface area contributed by atoms with Gasteiger partial charge in [0.15, 0.2) is 0 Å². The van der Waals surface area contributed by atoms with Crippen LogP contribution in [0.15, 0.2) is 29.2 Å². The second-order valence-corrected chi connectivity index (χ2v) is 8.01. The van der Waals surface area contributed by atoms with Crippen molar-refractivity contribution in [2.45, 2.75) is 4.90 Å². The molecule has 8 heteroatoms. The van der Waals surface area contributed by atoms with E-state index in [9.17, 15) is 19.5 Å². The summed E-state index contributed by atoms with van der Waals surface area (Å²) in [7, 11) is 3.30. The highest BCUT2D eigenvalue weighted by Gasteiger charge is 2.59. The van der Waals surface area contributed by atoms with Crippen molar-refractivity contribution in [1.82, 2.24) is 14.7 Å². The molecule has 0 aliphatic carbocycles. The van der Waals surface area contributed by atoms with Crippen molar-refractivity contribution >= 4 is 29.7 Å². The molecule has 1 aromatic rings. The number of carboxylic acid groups (broad SMARTS) is 1. The van der Waals surface area contributed by atoms with Gasteiger partial charge >= 0.3 is 12.0 Å². The summed E-state index contributed by atoms with van der Waals surface area (Å²) in [6.45, 7) is 0.984. The van der Waals surface area contributed by atoms with Crippen LogP contribution in [0.1, 0.15) is 10.4 Å². The number of amides is 3. The molecule has 0 bridgehead atoms. The molecule has 2 aliphatic rings. The molecule has 0 spiro atoms. The lowest BCUT2D eigenvalue weighted by Gasteiger charge is -2.27. The Morgan fingerprint density at radius 2 is 1.69 bits per heavy atom. The van der Waals surface area contributed by atoms with E-state index in [-0.39, 0.29) is 30.9 Å². The molecule has 0 unspecified atom stereocenters. The number of hydrogen-bond donors (Lipinski definition) is 1. The van der Waals surface area contributed by atoms with E-state index >= 15 is 0 Å². The lowest BCUT2D eigenvalue weighted by atomic mass is 9.81. The highest BCUT2D eigenvalue weighted by Crippen LogP contribution is 2.43. The van der Waals surface area contributed by atoms with E-state index in [1.165, 1.54) is 4.90 Å². The topological polar surface area (TPSA) is 81.2 Å². The minimum absolute atomic E-state index is 0.132. The van der Waals surface area contributed by atoms with Crippen molar-refractivity contribution in [3.05, 3.63) is 29.8 Å². The second-order valence-electron chi connectivity index (χ2n) is 7.13. The van der Waals surface area contributed by atoms with Crippen molar-refractivity contribution in [3.8, 4) is 0 Å². The molecule has 2 heterocycles. The molecule has 3 rings (SSSR count). The fourth-order valence-corrected chi connectivity index (χ4v) is 4.28. The number of thioether (sulfide) groups is 1. The predicted molar refractivity (Wildman–Crippen MR) is 98.3 cm³/mol. The molecular formula is C18H23N3O4S. The Balaban J connectivity index is 1.78. The van der Waals surface area contributed by atoms with Gasteiger partial charge in [-0.05, 0) is 30.5 Å². The fourth-order valence-electron chi connectivity index (χ4n) is 3.87. The maximum absolute atomic E-state index is 12.8. The van der Waals surface area contributed by atoms with Crippen LogP contribution in [0.4, 0.5) is 4.79 Å². The second kappa shape index (κ2) is 6.83. The van der Waals surface area contributed by atoms with Gasteiger partial charge in [0.1, 0.15) is 5.41 Å². The van der Waals surface area contributed by atoms with Crippen LogP contribution < -0.4 is 0 Å². The van der Waals surface area contributed by atoms with Crippen molar-refractivity contribution in [3.63, 3.8) is 0 Å². The number of likely N-dealkylation sites (tertiary alicyclic amines) is 2. The summed E-state index contributed by atoms with van der Waals surface area (Å²) >= 11 is 1.60. The Kier molecular flexibility index (Phi) is 4.88. The average molecular weight is 377 g/mol. The van der Waals surface area contributed by atoms with Gasteiger partial charge in [0.2, 0.25) is 0 Å². The summed E-state index contributed by atoms with van der Waals surface area (Å²) < 4.78 is 0. The van der Waals surface area contributed by atoms with E-state index in [1.54, 1.807) is 47.8 Å². The molecule has 2 atom stereocenters. The molecule has 7 nitrogen and oxygen atoms in total. The van der Waals surface area contributed by atoms with E-state index < -0.39 is 11.4 Å². The van der Waals surface area contributed by atoms with Gasteiger partial charge in [0.05, 0.1) is 0 Å². The van der Waals surface area contributed by atoms with Crippen molar-refractivity contribution < 1.29 is 19.5 Å². The normalized spacial score (nSPS) is 24.5. The fraction of sp³-hybridized carbons (Fsp3) is 0.500. The van der Waals surface area contributed by atoms with Crippen LogP contribution in [-0.2, 0) is 4.79 Å². The summed E-state index contributed by atoms with van der Waals surface area (Å²) in [6.07, 6.45) is 1.97. The molecule has 26 heavy (non-hydrogen) atoms. The van der Waals surface area contributed by atoms with Crippen molar-refractivity contribution in [1.29, 1.82) is 0 Å². The van der Waals surface area contributed by atoms with Gasteiger partial charge in [-0.15, -0.1) is 11.8 Å². The number of urea groups is 1. The smallest absolute Gasteiger partial charge is 0.319 e. The molecule has 0 aromatic heterocycles. The zero-order valence-corrected chi connectivity index (χ0v) is 16.0. The highest BCUT2D eigenvalue weighted by molar-refractivity contribution is 7.98. The maximum atomic E-state index is 12.8. The Labute approximate surface area is 156 Å². The van der Waals surface area contributed by atoms with Crippen LogP contribution in [-0.4, -0.2) is 84.2 Å². The monoisotopic (exact) mass is 377 g/mol. The number of carbonyl (C=O) groups excluding carboxylic acids is 2. The minimum Gasteiger partial charge on any atom is -0.481 e. The standard InChI is InChI=1S/C18H23N3O4S/c1-19(2)17(25)21-9-13-8-20(10-18(13,11-21)16(23)24)15(22)12-4-6-14(26-3)7-5-12/h4-7,13H,8-11H2,1-3H3,(H,23,24)/t13-,18-/m1/s1. The van der Waals surface area contributed by atoms with Crippen LogP contribution in [0.3, 0.4) is 0 Å². The van der Waals surface area contributed by atoms with Crippen LogP contribution in [0.5, 0.6) is 0 Å². The van der Waals surface area contributed by atoms with E-state index in [0.29, 0.717) is 18.7 Å². The maximum Gasteiger partial charge on any atom is 0.319 e. The van der Waals surface area contributed by atoms with E-state index in [4.69, 9.17) is 0 Å². The van der Waals surface area contributed by atoms with Gasteiger partial charge in [0, 0.05) is 56.7 Å². The zero-order valence-electron chi connectivity index (χ0n) is 15.1. The molecule has 0 radical (unpaired) electrons. The van der Waals surface area contributed by atoms with Gasteiger partial charge in [-0.2, -0.15) is 0 Å². The first-order chi connectivity index (χ1) is 12.3. The molecule has 1 aromatic carbocycles. The van der Waals surface area contributed by atoms with Crippen LogP contribution in [0, 0.1) is 11.3 Å². The number of carboxylic acids is 1. The molecule has 2 saturated heterocycles. The SMILES string of the molecule is CSc1ccc(C(=O)N2C[C@@H]3CN(C(=O)N(C)C)C[C@]3(C(=O)O)C2)cc1. The van der Waals surface area contributed by atoms with Gasteiger partial charge in [0.25, 0.3) is 5.91 Å². The first kappa shape index (κ1) is 18.6. The number of hydrogen-bond acceptors (Lipinski definition) is 4. The summed E-state index contributed by atoms with van der Waals surface area (Å²) in [5.74, 6) is -1.35. The zero-order chi connectivity index (χ0) is 19.1. The molecule has 2 fully saturated rings.